The van der Waals surface area contributed by atoms with Crippen LogP contribution in [-0.2, 0) is 17.1 Å². The van der Waals surface area contributed by atoms with Crippen LogP contribution in [0.1, 0.15) is 18.9 Å². The molecular weight excluding hydrogens is 435 g/mol. The van der Waals surface area contributed by atoms with E-state index in [4.69, 9.17) is 4.78 Å². The van der Waals surface area contributed by atoms with Gasteiger partial charge in [-0.25, -0.2) is 4.39 Å². The molecule has 2 heterocycles. The minimum atomic E-state index is -2.96. The summed E-state index contributed by atoms with van der Waals surface area (Å²) in [5, 5.41) is 0.827. The Balaban J connectivity index is 2.07. The number of rotatable bonds is 7. The van der Waals surface area contributed by atoms with E-state index in [0.717, 1.165) is 22.3 Å². The van der Waals surface area contributed by atoms with E-state index in [-0.39, 0.29) is 5.75 Å². The van der Waals surface area contributed by atoms with E-state index in [1.807, 2.05) is 19.1 Å². The molecule has 1 N–H and O–H groups in total. The number of hydrogen-bond donors (Lipinski definition) is 1. The van der Waals surface area contributed by atoms with Crippen molar-refractivity contribution in [3.8, 4) is 22.8 Å². The summed E-state index contributed by atoms with van der Waals surface area (Å²) in [5.41, 5.74) is 3.14. The number of pyridine rings is 1. The van der Waals surface area contributed by atoms with Gasteiger partial charge in [0.1, 0.15) is 11.6 Å². The zero-order valence-electron chi connectivity index (χ0n) is 17.6. The minimum absolute atomic E-state index is 0.00438. The molecule has 0 radical (unpaired) electrons. The van der Waals surface area contributed by atoms with Crippen LogP contribution in [-0.4, -0.2) is 22.4 Å². The number of halogens is 3. The van der Waals surface area contributed by atoms with Crippen LogP contribution >= 0.6 is 0 Å². The fourth-order valence-corrected chi connectivity index (χ4v) is 4.35. The number of hydrogen-bond acceptors (Lipinski definition) is 3. The monoisotopic (exact) mass is 457 g/mol. The van der Waals surface area contributed by atoms with Crippen molar-refractivity contribution in [2.75, 3.05) is 6.26 Å². The quantitative estimate of drug-likeness (QED) is 0.334. The smallest absolute Gasteiger partial charge is 0.387 e. The Morgan fingerprint density at radius 1 is 1.12 bits per heavy atom. The van der Waals surface area contributed by atoms with Gasteiger partial charge in [-0.1, -0.05) is 36.2 Å². The van der Waals surface area contributed by atoms with Gasteiger partial charge in [-0.3, -0.25) is 9.76 Å². The largest absolute Gasteiger partial charge is 0.435 e. The fourth-order valence-electron chi connectivity index (χ4n) is 3.87. The SMILES string of the molecule is CCCc1c(-c2ccc(S(C)=N)cn2)n(-c2ccccc2F)c2cc(OC(F)F)ccc12. The van der Waals surface area contributed by atoms with Crippen LogP contribution < -0.4 is 4.74 Å². The van der Waals surface area contributed by atoms with Gasteiger partial charge in [0.15, 0.2) is 0 Å². The van der Waals surface area contributed by atoms with Crippen molar-refractivity contribution in [3.05, 3.63) is 72.2 Å². The summed E-state index contributed by atoms with van der Waals surface area (Å²) in [7, 11) is -0.688. The average molecular weight is 458 g/mol. The second-order valence-corrected chi connectivity index (χ2v) is 8.80. The summed E-state index contributed by atoms with van der Waals surface area (Å²) in [6, 6.07) is 14.8. The lowest BCUT2D eigenvalue weighted by atomic mass is 10.0. The molecule has 0 aliphatic heterocycles. The molecule has 4 aromatic rings. The third-order valence-electron chi connectivity index (χ3n) is 5.20. The first-order valence-corrected chi connectivity index (χ1v) is 11.7. The fraction of sp³-hybridized carbons (Fsp3) is 0.208. The van der Waals surface area contributed by atoms with Gasteiger partial charge in [-0.05, 0) is 54.6 Å². The molecule has 0 saturated heterocycles. The second kappa shape index (κ2) is 9.16. The molecule has 0 spiro atoms. The maximum atomic E-state index is 15.0. The van der Waals surface area contributed by atoms with Gasteiger partial charge < -0.3 is 9.30 Å². The summed E-state index contributed by atoms with van der Waals surface area (Å²) in [6.45, 7) is -0.912. The maximum Gasteiger partial charge on any atom is 0.387 e. The number of fused-ring (bicyclic) bond motifs is 1. The van der Waals surface area contributed by atoms with Gasteiger partial charge >= 0.3 is 6.61 Å². The van der Waals surface area contributed by atoms with E-state index < -0.39 is 23.1 Å². The first-order chi connectivity index (χ1) is 15.4. The third kappa shape index (κ3) is 4.14. The Bertz CT molecular complexity index is 1290. The van der Waals surface area contributed by atoms with Crippen LogP contribution in [0.25, 0.3) is 28.0 Å². The lowest BCUT2D eigenvalue weighted by Gasteiger charge is -2.14. The van der Waals surface area contributed by atoms with Crippen molar-refractivity contribution in [2.24, 2.45) is 0 Å². The highest BCUT2D eigenvalue weighted by Crippen LogP contribution is 2.39. The predicted molar refractivity (Wildman–Crippen MR) is 121 cm³/mol. The van der Waals surface area contributed by atoms with Crippen molar-refractivity contribution >= 4 is 21.6 Å². The van der Waals surface area contributed by atoms with Gasteiger partial charge in [0.25, 0.3) is 0 Å². The standard InChI is InChI=1S/C24H22F3N3OS/c1-3-6-18-17-11-9-15(31-24(26)27)13-22(17)30(21-8-5-4-7-19(21)25)23(18)20-12-10-16(14-29-20)32(2)28/h4-5,7-14,24,28H,3,6H2,1-2H3. The zero-order chi connectivity index (χ0) is 22.8. The molecule has 0 saturated carbocycles. The Hall–Kier alpha value is -3.13. The summed E-state index contributed by atoms with van der Waals surface area (Å²) in [6.07, 6.45) is 4.99. The van der Waals surface area contributed by atoms with E-state index in [1.54, 1.807) is 41.3 Å². The van der Waals surface area contributed by atoms with Gasteiger partial charge in [-0.2, -0.15) is 8.78 Å². The van der Waals surface area contributed by atoms with Crippen molar-refractivity contribution < 1.29 is 17.9 Å². The van der Waals surface area contributed by atoms with Gasteiger partial charge in [0.05, 0.1) is 22.6 Å². The van der Waals surface area contributed by atoms with Crippen LogP contribution in [0.15, 0.2) is 65.7 Å². The van der Waals surface area contributed by atoms with Crippen LogP contribution in [0, 0.1) is 10.6 Å². The Kier molecular flexibility index (Phi) is 6.32. The highest BCUT2D eigenvalue weighted by atomic mass is 32.2. The molecule has 0 aliphatic rings. The van der Waals surface area contributed by atoms with Gasteiger partial charge in [-0.15, -0.1) is 0 Å². The number of para-hydroxylation sites is 1. The summed E-state index contributed by atoms with van der Waals surface area (Å²) < 4.78 is 55.0. The topological polar surface area (TPSA) is 50.9 Å². The number of benzene rings is 2. The summed E-state index contributed by atoms with van der Waals surface area (Å²) >= 11 is 0. The normalized spacial score (nSPS) is 12.4. The van der Waals surface area contributed by atoms with E-state index in [0.29, 0.717) is 29.0 Å². The van der Waals surface area contributed by atoms with Gasteiger partial charge in [0.2, 0.25) is 0 Å². The summed E-state index contributed by atoms with van der Waals surface area (Å²) in [5.74, 6) is -0.434. The van der Waals surface area contributed by atoms with Crippen LogP contribution in [0.5, 0.6) is 5.75 Å². The number of ether oxygens (including phenoxy) is 1. The van der Waals surface area contributed by atoms with Crippen LogP contribution in [0.3, 0.4) is 0 Å². The summed E-state index contributed by atoms with van der Waals surface area (Å²) in [4.78, 5) is 5.39. The highest BCUT2D eigenvalue weighted by Gasteiger charge is 2.23. The van der Waals surface area contributed by atoms with Crippen molar-refractivity contribution in [1.29, 1.82) is 4.78 Å². The second-order valence-electron chi connectivity index (χ2n) is 7.31. The number of alkyl halides is 2. The van der Waals surface area contributed by atoms with E-state index >= 15 is 0 Å². The Morgan fingerprint density at radius 2 is 1.91 bits per heavy atom. The molecule has 0 bridgehead atoms. The van der Waals surface area contributed by atoms with E-state index in [2.05, 4.69) is 9.72 Å². The van der Waals surface area contributed by atoms with E-state index in [1.165, 1.54) is 18.2 Å². The molecule has 4 nitrogen and oxygen atoms in total. The lowest BCUT2D eigenvalue weighted by molar-refractivity contribution is -0.0497. The molecule has 0 amide bonds. The number of aromatic nitrogens is 2. The number of nitrogens with zero attached hydrogens (tertiary/aromatic N) is 2. The van der Waals surface area contributed by atoms with Crippen LogP contribution in [0.4, 0.5) is 13.2 Å². The van der Waals surface area contributed by atoms with Crippen molar-refractivity contribution in [3.63, 3.8) is 0 Å². The lowest BCUT2D eigenvalue weighted by Crippen LogP contribution is -2.04. The number of aryl methyl sites for hydroxylation is 1. The van der Waals surface area contributed by atoms with Crippen LogP contribution in [0.2, 0.25) is 0 Å². The molecule has 0 fully saturated rings. The highest BCUT2D eigenvalue weighted by molar-refractivity contribution is 7.85. The molecule has 32 heavy (non-hydrogen) atoms. The first kappa shape index (κ1) is 22.1. The third-order valence-corrected chi connectivity index (χ3v) is 6.14. The molecule has 1 unspecified atom stereocenters. The Morgan fingerprint density at radius 3 is 2.53 bits per heavy atom. The zero-order valence-corrected chi connectivity index (χ0v) is 18.4. The molecular formula is C24H22F3N3OS. The van der Waals surface area contributed by atoms with E-state index in [9.17, 15) is 13.2 Å². The van der Waals surface area contributed by atoms with Crippen molar-refractivity contribution in [2.45, 2.75) is 31.3 Å². The average Bonchev–Trinajstić information content (AvgIpc) is 3.07. The molecule has 0 aliphatic carbocycles. The maximum absolute atomic E-state index is 15.0. The first-order valence-electron chi connectivity index (χ1n) is 10.1. The molecule has 2 aromatic carbocycles. The predicted octanol–water partition coefficient (Wildman–Crippen LogP) is 6.75. The molecule has 2 aromatic heterocycles. The number of nitrogens with one attached hydrogen (secondary N) is 1. The van der Waals surface area contributed by atoms with Crippen molar-refractivity contribution in [1.82, 2.24) is 9.55 Å². The molecule has 4 rings (SSSR count). The minimum Gasteiger partial charge on any atom is -0.435 e. The molecule has 8 heteroatoms. The Labute approximate surface area is 186 Å². The molecule has 1 atom stereocenters. The molecule has 166 valence electrons. The van der Waals surface area contributed by atoms with Gasteiger partial charge in [0, 0.05) is 22.5 Å².